The van der Waals surface area contributed by atoms with Gasteiger partial charge in [-0.25, -0.2) is 4.21 Å². The second kappa shape index (κ2) is 6.92. The van der Waals surface area contributed by atoms with E-state index < -0.39 is 21.8 Å². The van der Waals surface area contributed by atoms with Gasteiger partial charge in [0.2, 0.25) is 0 Å². The Labute approximate surface area is 138 Å². The summed E-state index contributed by atoms with van der Waals surface area (Å²) in [5.41, 5.74) is 1.27. The molecule has 1 aromatic heterocycles. The largest absolute Gasteiger partial charge is 0.471 e. The van der Waals surface area contributed by atoms with Crippen molar-refractivity contribution in [3.8, 4) is 0 Å². The fourth-order valence-corrected chi connectivity index (χ4v) is 4.06. The van der Waals surface area contributed by atoms with Gasteiger partial charge in [0.15, 0.2) is 5.82 Å². The quantitative estimate of drug-likeness (QED) is 0.805. The van der Waals surface area contributed by atoms with Crippen molar-refractivity contribution >= 4 is 15.4 Å². The Morgan fingerprint density at radius 1 is 1.25 bits per heavy atom. The van der Waals surface area contributed by atoms with Crippen molar-refractivity contribution in [3.63, 3.8) is 0 Å². The van der Waals surface area contributed by atoms with Gasteiger partial charge >= 0.3 is 12.1 Å². The first kappa shape index (κ1) is 18.4. The number of hydrogen-bond donors (Lipinski definition) is 0. The number of nitrogens with zero attached hydrogens (tertiary/aromatic N) is 3. The molecule has 132 valence electrons. The van der Waals surface area contributed by atoms with Crippen molar-refractivity contribution in [1.29, 1.82) is 0 Å². The van der Waals surface area contributed by atoms with Crippen LogP contribution in [0.5, 0.6) is 0 Å². The molecule has 0 aliphatic rings. The zero-order chi connectivity index (χ0) is 18.0. The third-order valence-corrected chi connectivity index (χ3v) is 4.83. The lowest BCUT2D eigenvalue weighted by molar-refractivity contribution is -0.159. The Morgan fingerprint density at radius 3 is 2.38 bits per heavy atom. The van der Waals surface area contributed by atoms with Gasteiger partial charge < -0.3 is 4.52 Å². The molecule has 5 nitrogen and oxygen atoms in total. The lowest BCUT2D eigenvalue weighted by Crippen LogP contribution is -2.08. The van der Waals surface area contributed by atoms with E-state index >= 15 is 0 Å². The lowest BCUT2D eigenvalue weighted by Gasteiger charge is -2.07. The van der Waals surface area contributed by atoms with Crippen LogP contribution < -0.4 is 0 Å². The molecule has 0 fully saturated rings. The topological polar surface area (TPSA) is 68.3 Å². The van der Waals surface area contributed by atoms with Gasteiger partial charge in [-0.05, 0) is 23.6 Å². The fourth-order valence-electron chi connectivity index (χ4n) is 2.18. The van der Waals surface area contributed by atoms with Gasteiger partial charge in [0, 0.05) is 28.2 Å². The van der Waals surface area contributed by atoms with Crippen molar-refractivity contribution in [2.45, 2.75) is 26.4 Å². The molecule has 2 rings (SSSR count). The van der Waals surface area contributed by atoms with Crippen LogP contribution in [0.2, 0.25) is 0 Å². The molecule has 9 heteroatoms. The SMILES string of the molecule is CC(C)CS(C)(=O)=Nc1ccc(Cc2noc(C(F)(F)F)n2)cc1. The average molecular weight is 361 g/mol. The van der Waals surface area contributed by atoms with Crippen LogP contribution in [0.15, 0.2) is 33.2 Å². The smallest absolute Gasteiger partial charge is 0.329 e. The molecular formula is C15H18F3N3O2S. The van der Waals surface area contributed by atoms with E-state index in [2.05, 4.69) is 19.0 Å². The Bertz CT molecular complexity index is 804. The standard InChI is InChI=1S/C15H18F3N3O2S/c1-10(2)9-24(3,22)21-12-6-4-11(5-7-12)8-13-19-14(23-20-13)15(16,17)18/h4-7,10H,8-9H2,1-3H3. The van der Waals surface area contributed by atoms with Crippen LogP contribution in [-0.2, 0) is 22.3 Å². The van der Waals surface area contributed by atoms with Crippen molar-refractivity contribution in [1.82, 2.24) is 10.1 Å². The van der Waals surface area contributed by atoms with Crippen molar-refractivity contribution in [2.75, 3.05) is 12.0 Å². The van der Waals surface area contributed by atoms with Crippen LogP contribution in [0, 0.1) is 5.92 Å². The first-order valence-electron chi connectivity index (χ1n) is 7.24. The normalized spacial score (nSPS) is 14.6. The molecular weight excluding hydrogens is 343 g/mol. The summed E-state index contributed by atoms with van der Waals surface area (Å²) in [6.07, 6.45) is -2.93. The maximum absolute atomic E-state index is 12.4. The highest BCUT2D eigenvalue weighted by molar-refractivity contribution is 7.93. The second-order valence-corrected chi connectivity index (χ2v) is 8.40. The van der Waals surface area contributed by atoms with Crippen molar-refractivity contribution < 1.29 is 21.9 Å². The molecule has 1 unspecified atom stereocenters. The molecule has 0 aliphatic carbocycles. The highest BCUT2D eigenvalue weighted by atomic mass is 32.2. The minimum atomic E-state index is -4.65. The minimum Gasteiger partial charge on any atom is -0.329 e. The van der Waals surface area contributed by atoms with Crippen LogP contribution >= 0.6 is 0 Å². The summed E-state index contributed by atoms with van der Waals surface area (Å²) in [5, 5.41) is 3.32. The molecule has 0 N–H and O–H groups in total. The van der Waals surface area contributed by atoms with E-state index in [4.69, 9.17) is 0 Å². The van der Waals surface area contributed by atoms with Crippen molar-refractivity contribution in [2.24, 2.45) is 10.3 Å². The number of hydrogen-bond acceptors (Lipinski definition) is 5. The van der Waals surface area contributed by atoms with Crippen LogP contribution in [0.3, 0.4) is 0 Å². The average Bonchev–Trinajstić information content (AvgIpc) is 2.87. The monoisotopic (exact) mass is 361 g/mol. The number of aromatic nitrogens is 2. The molecule has 0 bridgehead atoms. The van der Waals surface area contributed by atoms with Crippen LogP contribution in [-0.4, -0.2) is 26.4 Å². The summed E-state index contributed by atoms with van der Waals surface area (Å²) >= 11 is 0. The zero-order valence-corrected chi connectivity index (χ0v) is 14.3. The molecule has 0 saturated carbocycles. The minimum absolute atomic E-state index is 0.0499. The van der Waals surface area contributed by atoms with Gasteiger partial charge in [0.1, 0.15) is 0 Å². The molecule has 24 heavy (non-hydrogen) atoms. The Kier molecular flexibility index (Phi) is 5.32. The van der Waals surface area contributed by atoms with Crippen molar-refractivity contribution in [3.05, 3.63) is 41.5 Å². The predicted octanol–water partition coefficient (Wildman–Crippen LogP) is 4.06. The lowest BCUT2D eigenvalue weighted by atomic mass is 10.1. The third kappa shape index (κ3) is 5.33. The van der Waals surface area contributed by atoms with E-state index in [1.165, 1.54) is 0 Å². The number of alkyl halides is 3. The molecule has 0 spiro atoms. The maximum atomic E-state index is 12.4. The molecule has 0 saturated heterocycles. The number of halogens is 3. The van der Waals surface area contributed by atoms with E-state index in [1.54, 1.807) is 30.5 Å². The molecule has 0 aliphatic heterocycles. The van der Waals surface area contributed by atoms with E-state index in [0.717, 1.165) is 0 Å². The van der Waals surface area contributed by atoms with E-state index in [9.17, 15) is 17.4 Å². The van der Waals surface area contributed by atoms with Crippen LogP contribution in [0.1, 0.15) is 31.1 Å². The van der Waals surface area contributed by atoms with E-state index in [1.807, 2.05) is 13.8 Å². The summed E-state index contributed by atoms with van der Waals surface area (Å²) in [6.45, 7) is 3.95. The Morgan fingerprint density at radius 2 is 1.88 bits per heavy atom. The van der Waals surface area contributed by atoms with E-state index in [-0.39, 0.29) is 18.2 Å². The van der Waals surface area contributed by atoms with Crippen LogP contribution in [0.4, 0.5) is 18.9 Å². The molecule has 1 atom stereocenters. The summed E-state index contributed by atoms with van der Waals surface area (Å²) in [5.74, 6) is -0.640. The number of benzene rings is 1. The molecule has 2 aromatic rings. The fraction of sp³-hybridized carbons (Fsp3) is 0.467. The van der Waals surface area contributed by atoms with Gasteiger partial charge in [0.05, 0.1) is 5.69 Å². The highest BCUT2D eigenvalue weighted by Crippen LogP contribution is 2.27. The third-order valence-electron chi connectivity index (χ3n) is 2.95. The maximum Gasteiger partial charge on any atom is 0.471 e. The summed E-state index contributed by atoms with van der Waals surface area (Å²) in [7, 11) is -2.31. The molecule has 0 amide bonds. The summed E-state index contributed by atoms with van der Waals surface area (Å²) < 4.78 is 58.0. The van der Waals surface area contributed by atoms with E-state index in [0.29, 0.717) is 17.0 Å². The van der Waals surface area contributed by atoms with Gasteiger partial charge in [-0.15, -0.1) is 0 Å². The summed E-state index contributed by atoms with van der Waals surface area (Å²) in [6, 6.07) is 6.72. The first-order chi connectivity index (χ1) is 11.0. The number of rotatable bonds is 5. The summed E-state index contributed by atoms with van der Waals surface area (Å²) in [4.78, 5) is 3.32. The zero-order valence-electron chi connectivity index (χ0n) is 13.5. The Balaban J connectivity index is 2.11. The molecule has 1 aromatic carbocycles. The van der Waals surface area contributed by atoms with Gasteiger partial charge in [-0.3, -0.25) is 0 Å². The highest BCUT2D eigenvalue weighted by Gasteiger charge is 2.38. The van der Waals surface area contributed by atoms with Gasteiger partial charge in [0.25, 0.3) is 0 Å². The predicted molar refractivity (Wildman–Crippen MR) is 84.4 cm³/mol. The van der Waals surface area contributed by atoms with Crippen LogP contribution in [0.25, 0.3) is 0 Å². The Hall–Kier alpha value is -1.90. The van der Waals surface area contributed by atoms with Gasteiger partial charge in [-0.2, -0.15) is 22.5 Å². The second-order valence-electron chi connectivity index (χ2n) is 5.97. The van der Waals surface area contributed by atoms with Gasteiger partial charge in [-0.1, -0.05) is 31.1 Å². The first-order valence-corrected chi connectivity index (χ1v) is 9.33. The molecule has 0 radical (unpaired) electrons. The molecule has 1 heterocycles.